The summed E-state index contributed by atoms with van der Waals surface area (Å²) in [4.78, 5) is 16.8. The molecule has 0 aliphatic carbocycles. The zero-order valence-corrected chi connectivity index (χ0v) is 10.9. The van der Waals surface area contributed by atoms with Crippen LogP contribution in [0.3, 0.4) is 0 Å². The van der Waals surface area contributed by atoms with Crippen molar-refractivity contribution in [3.05, 3.63) is 47.6 Å². The summed E-state index contributed by atoms with van der Waals surface area (Å²) in [6.45, 7) is 0. The molecule has 0 radical (unpaired) electrons. The third-order valence-corrected chi connectivity index (χ3v) is 3.74. The van der Waals surface area contributed by atoms with E-state index in [0.29, 0.717) is 0 Å². The summed E-state index contributed by atoms with van der Waals surface area (Å²) in [6, 6.07) is 9.95. The van der Waals surface area contributed by atoms with Crippen LogP contribution >= 0.6 is 11.3 Å². The number of nitrogens with two attached hydrogens (primary N) is 1. The van der Waals surface area contributed by atoms with E-state index >= 15 is 0 Å². The van der Waals surface area contributed by atoms with Gasteiger partial charge >= 0.3 is 0 Å². The number of nitrogens with one attached hydrogen (secondary N) is 1. The molecule has 0 aliphatic rings. The van der Waals surface area contributed by atoms with Crippen LogP contribution in [0.5, 0.6) is 0 Å². The van der Waals surface area contributed by atoms with Crippen molar-refractivity contribution >= 4 is 22.2 Å². The minimum Gasteiger partial charge on any atom is -0.294 e. The highest BCUT2D eigenvalue weighted by Gasteiger charge is 2.11. The molecule has 0 unspecified atom stereocenters. The van der Waals surface area contributed by atoms with Gasteiger partial charge < -0.3 is 0 Å². The van der Waals surface area contributed by atoms with Crippen LogP contribution in [0, 0.1) is 0 Å². The molecule has 3 aromatic rings. The average molecular weight is 272 g/mol. The van der Waals surface area contributed by atoms with Gasteiger partial charge in [0.1, 0.15) is 0 Å². The van der Waals surface area contributed by atoms with Gasteiger partial charge in [-0.05, 0) is 0 Å². The molecule has 1 amide bonds. The number of hydrogen-bond acceptors (Lipinski definition) is 4. The van der Waals surface area contributed by atoms with Crippen molar-refractivity contribution in [2.75, 3.05) is 0 Å². The SMILES string of the molecule is NNC(=O)Cc1csc2nc(-c3ccccc3)cn12. The Balaban J connectivity index is 2.00. The summed E-state index contributed by atoms with van der Waals surface area (Å²) >= 11 is 1.51. The predicted octanol–water partition coefficient (Wildman–Crippen LogP) is 1.60. The first kappa shape index (κ1) is 11.9. The van der Waals surface area contributed by atoms with Gasteiger partial charge in [-0.2, -0.15) is 0 Å². The number of thiazole rings is 1. The topological polar surface area (TPSA) is 72.4 Å². The van der Waals surface area contributed by atoms with Crippen molar-refractivity contribution in [3.8, 4) is 11.3 Å². The molecular formula is C13H12N4OS. The fraction of sp³-hybridized carbons (Fsp3) is 0.0769. The molecular weight excluding hydrogens is 260 g/mol. The Hall–Kier alpha value is -2.18. The molecule has 2 aromatic heterocycles. The van der Waals surface area contributed by atoms with Crippen LogP contribution in [0.4, 0.5) is 0 Å². The lowest BCUT2D eigenvalue weighted by molar-refractivity contribution is -0.120. The first-order chi connectivity index (χ1) is 9.28. The second-order valence-corrected chi connectivity index (χ2v) is 4.95. The van der Waals surface area contributed by atoms with Crippen LogP contribution in [0.2, 0.25) is 0 Å². The maximum absolute atomic E-state index is 11.3. The number of fused-ring (bicyclic) bond motifs is 1. The molecule has 1 aromatic carbocycles. The smallest absolute Gasteiger partial charge is 0.239 e. The minimum absolute atomic E-state index is 0.213. The summed E-state index contributed by atoms with van der Waals surface area (Å²) in [5.74, 6) is 4.89. The van der Waals surface area contributed by atoms with Gasteiger partial charge in [-0.15, -0.1) is 11.3 Å². The van der Waals surface area contributed by atoms with Gasteiger partial charge in [-0.1, -0.05) is 30.3 Å². The van der Waals surface area contributed by atoms with Crippen molar-refractivity contribution in [3.63, 3.8) is 0 Å². The number of benzene rings is 1. The Labute approximate surface area is 113 Å². The molecule has 0 aliphatic heterocycles. The van der Waals surface area contributed by atoms with E-state index in [-0.39, 0.29) is 12.3 Å². The largest absolute Gasteiger partial charge is 0.294 e. The van der Waals surface area contributed by atoms with Crippen molar-refractivity contribution in [2.45, 2.75) is 6.42 Å². The van der Waals surface area contributed by atoms with Gasteiger partial charge in [0.05, 0.1) is 12.1 Å². The first-order valence-electron chi connectivity index (χ1n) is 5.78. The van der Waals surface area contributed by atoms with Gasteiger partial charge in [-0.3, -0.25) is 14.6 Å². The Morgan fingerprint density at radius 3 is 2.89 bits per heavy atom. The molecule has 0 fully saturated rings. The fourth-order valence-electron chi connectivity index (χ4n) is 1.92. The average Bonchev–Trinajstić information content (AvgIpc) is 3.02. The van der Waals surface area contributed by atoms with E-state index in [1.807, 2.05) is 46.3 Å². The van der Waals surface area contributed by atoms with E-state index in [2.05, 4.69) is 10.4 Å². The van der Waals surface area contributed by atoms with E-state index in [0.717, 1.165) is 21.9 Å². The van der Waals surface area contributed by atoms with Crippen LogP contribution < -0.4 is 11.3 Å². The van der Waals surface area contributed by atoms with Crippen molar-refractivity contribution in [2.24, 2.45) is 5.84 Å². The van der Waals surface area contributed by atoms with Crippen LogP contribution in [-0.4, -0.2) is 15.3 Å². The highest BCUT2D eigenvalue weighted by Crippen LogP contribution is 2.23. The second kappa shape index (κ2) is 4.83. The summed E-state index contributed by atoms with van der Waals surface area (Å²) in [6.07, 6.45) is 2.20. The summed E-state index contributed by atoms with van der Waals surface area (Å²) < 4.78 is 1.93. The molecule has 19 heavy (non-hydrogen) atoms. The fourth-order valence-corrected chi connectivity index (χ4v) is 2.79. The van der Waals surface area contributed by atoms with Crippen LogP contribution in [-0.2, 0) is 11.2 Å². The predicted molar refractivity (Wildman–Crippen MR) is 74.5 cm³/mol. The third kappa shape index (κ3) is 2.23. The molecule has 5 nitrogen and oxygen atoms in total. The Bertz CT molecular complexity index is 717. The van der Waals surface area contributed by atoms with Crippen molar-refractivity contribution < 1.29 is 4.79 Å². The van der Waals surface area contributed by atoms with E-state index in [9.17, 15) is 4.79 Å². The van der Waals surface area contributed by atoms with E-state index in [4.69, 9.17) is 5.84 Å². The van der Waals surface area contributed by atoms with E-state index < -0.39 is 0 Å². The van der Waals surface area contributed by atoms with Gasteiger partial charge in [0, 0.05) is 22.8 Å². The van der Waals surface area contributed by atoms with Gasteiger partial charge in [0.15, 0.2) is 4.96 Å². The molecule has 0 atom stereocenters. The summed E-state index contributed by atoms with van der Waals surface area (Å²) in [5, 5.41) is 1.92. The maximum atomic E-state index is 11.3. The number of rotatable bonds is 3. The van der Waals surface area contributed by atoms with Crippen molar-refractivity contribution in [1.29, 1.82) is 0 Å². The molecule has 3 rings (SSSR count). The van der Waals surface area contributed by atoms with Gasteiger partial charge in [0.2, 0.25) is 5.91 Å². The minimum atomic E-state index is -0.213. The standard InChI is InChI=1S/C13H12N4OS/c14-16-12(18)6-10-8-19-13-15-11(7-17(10)13)9-4-2-1-3-5-9/h1-5,7-8H,6,14H2,(H,16,18). The highest BCUT2D eigenvalue weighted by molar-refractivity contribution is 7.15. The van der Waals surface area contributed by atoms with Crippen molar-refractivity contribution in [1.82, 2.24) is 14.8 Å². The van der Waals surface area contributed by atoms with Gasteiger partial charge in [0.25, 0.3) is 0 Å². The first-order valence-corrected chi connectivity index (χ1v) is 6.66. The molecule has 0 bridgehead atoms. The number of hydrogen-bond donors (Lipinski definition) is 2. The number of hydrazine groups is 1. The van der Waals surface area contributed by atoms with E-state index in [1.165, 1.54) is 11.3 Å². The molecule has 96 valence electrons. The van der Waals surface area contributed by atoms with Gasteiger partial charge in [-0.25, -0.2) is 10.8 Å². The highest BCUT2D eigenvalue weighted by atomic mass is 32.1. The monoisotopic (exact) mass is 272 g/mol. The van der Waals surface area contributed by atoms with Crippen LogP contribution in [0.25, 0.3) is 16.2 Å². The lowest BCUT2D eigenvalue weighted by Gasteiger charge is -1.98. The lowest BCUT2D eigenvalue weighted by Crippen LogP contribution is -2.31. The summed E-state index contributed by atoms with van der Waals surface area (Å²) in [5.41, 5.74) is 4.99. The number of carbonyl (C=O) groups excluding carboxylic acids is 1. The normalized spacial score (nSPS) is 10.8. The lowest BCUT2D eigenvalue weighted by atomic mass is 10.2. The number of amides is 1. The van der Waals surface area contributed by atoms with E-state index in [1.54, 1.807) is 0 Å². The molecule has 0 saturated carbocycles. The molecule has 2 heterocycles. The number of aromatic nitrogens is 2. The molecule has 0 saturated heterocycles. The Kier molecular flexibility index (Phi) is 3.02. The second-order valence-electron chi connectivity index (χ2n) is 4.12. The summed E-state index contributed by atoms with van der Waals surface area (Å²) in [7, 11) is 0. The molecule has 3 N–H and O–H groups in total. The van der Waals surface area contributed by atoms with Crippen LogP contribution in [0.15, 0.2) is 41.9 Å². The number of imidazole rings is 1. The molecule has 0 spiro atoms. The Morgan fingerprint density at radius 2 is 2.16 bits per heavy atom. The zero-order chi connectivity index (χ0) is 13.2. The zero-order valence-electron chi connectivity index (χ0n) is 10.0. The molecule has 6 heteroatoms. The maximum Gasteiger partial charge on any atom is 0.239 e. The third-order valence-electron chi connectivity index (χ3n) is 2.86. The quantitative estimate of drug-likeness (QED) is 0.432. The number of carbonyl (C=O) groups is 1. The van der Waals surface area contributed by atoms with Crippen LogP contribution in [0.1, 0.15) is 5.69 Å². The number of nitrogens with zero attached hydrogens (tertiary/aromatic N) is 2. The Morgan fingerprint density at radius 1 is 1.37 bits per heavy atom.